The van der Waals surface area contributed by atoms with E-state index in [2.05, 4.69) is 0 Å². The molecule has 0 amide bonds. The standard InChI is InChI=1S/C12H22O11/c13-1-4-6(16)8(18)9(19)11(21-4)23-12(3-15)10(20)7(17)5(2-14)22-12/h4-11,13-20H,1-3H2/t4-,5+,6+,7+,8+,9+,10-,11+,12-/m0/s1. The van der Waals surface area contributed by atoms with Crippen LogP contribution in [0.15, 0.2) is 0 Å². The van der Waals surface area contributed by atoms with Gasteiger partial charge in [-0.15, -0.1) is 0 Å². The van der Waals surface area contributed by atoms with Crippen molar-refractivity contribution in [1.82, 2.24) is 0 Å². The molecular formula is C12H22O11. The second kappa shape index (κ2) is 7.21. The van der Waals surface area contributed by atoms with Crippen molar-refractivity contribution in [1.29, 1.82) is 0 Å². The molecule has 8 N–H and O–H groups in total. The van der Waals surface area contributed by atoms with Crippen LogP contribution in [0, 0.1) is 0 Å². The Morgan fingerprint density at radius 2 is 1.39 bits per heavy atom. The quantitative estimate of drug-likeness (QED) is 0.238. The maximum atomic E-state index is 10.00. The molecule has 23 heavy (non-hydrogen) atoms. The van der Waals surface area contributed by atoms with Gasteiger partial charge in [0.15, 0.2) is 6.29 Å². The van der Waals surface area contributed by atoms with Crippen LogP contribution in [-0.4, -0.2) is 115 Å². The molecule has 0 saturated carbocycles. The van der Waals surface area contributed by atoms with Crippen LogP contribution >= 0.6 is 0 Å². The third-order valence-electron chi connectivity index (χ3n) is 4.07. The Morgan fingerprint density at radius 3 is 1.87 bits per heavy atom. The van der Waals surface area contributed by atoms with Crippen molar-refractivity contribution in [3.63, 3.8) is 0 Å². The number of rotatable bonds is 5. The summed E-state index contributed by atoms with van der Waals surface area (Å²) in [7, 11) is 0. The number of hydrogen-bond donors (Lipinski definition) is 8. The predicted octanol–water partition coefficient (Wildman–Crippen LogP) is -5.40. The molecule has 11 nitrogen and oxygen atoms in total. The van der Waals surface area contributed by atoms with Crippen molar-refractivity contribution >= 4 is 0 Å². The Kier molecular flexibility index (Phi) is 5.92. The van der Waals surface area contributed by atoms with Gasteiger partial charge in [-0.2, -0.15) is 0 Å². The molecule has 0 radical (unpaired) electrons. The highest BCUT2D eigenvalue weighted by Gasteiger charge is 2.58. The molecule has 0 unspecified atom stereocenters. The zero-order chi connectivity index (χ0) is 17.4. The fourth-order valence-corrected chi connectivity index (χ4v) is 2.63. The molecule has 0 spiro atoms. The van der Waals surface area contributed by atoms with E-state index in [9.17, 15) is 30.6 Å². The maximum absolute atomic E-state index is 10.00. The van der Waals surface area contributed by atoms with E-state index in [0.717, 1.165) is 0 Å². The second-order valence-corrected chi connectivity index (χ2v) is 5.56. The van der Waals surface area contributed by atoms with E-state index < -0.39 is 74.6 Å². The number of aliphatic hydroxyl groups excluding tert-OH is 8. The smallest absolute Gasteiger partial charge is 0.224 e. The Morgan fingerprint density at radius 1 is 0.783 bits per heavy atom. The summed E-state index contributed by atoms with van der Waals surface area (Å²) in [5.41, 5.74) is 0. The summed E-state index contributed by atoms with van der Waals surface area (Å²) in [6.45, 7) is -2.32. The fraction of sp³-hybridized carbons (Fsp3) is 1.00. The maximum Gasteiger partial charge on any atom is 0.224 e. The van der Waals surface area contributed by atoms with E-state index >= 15 is 0 Å². The van der Waals surface area contributed by atoms with Crippen LogP contribution in [0.2, 0.25) is 0 Å². The Labute approximate surface area is 130 Å². The first-order valence-corrected chi connectivity index (χ1v) is 7.05. The van der Waals surface area contributed by atoms with Crippen LogP contribution in [0.5, 0.6) is 0 Å². The molecule has 136 valence electrons. The zero-order valence-corrected chi connectivity index (χ0v) is 12.0. The molecule has 2 aliphatic rings. The molecule has 0 aromatic rings. The minimum atomic E-state index is -2.22. The lowest BCUT2D eigenvalue weighted by molar-refractivity contribution is -0.383. The monoisotopic (exact) mass is 342 g/mol. The lowest BCUT2D eigenvalue weighted by Crippen LogP contribution is -2.62. The minimum absolute atomic E-state index is 0.669. The van der Waals surface area contributed by atoms with Crippen molar-refractivity contribution in [3.05, 3.63) is 0 Å². The molecular weight excluding hydrogens is 320 g/mol. The van der Waals surface area contributed by atoms with Gasteiger partial charge in [0.05, 0.1) is 13.2 Å². The summed E-state index contributed by atoms with van der Waals surface area (Å²) in [4.78, 5) is 0. The molecule has 2 heterocycles. The van der Waals surface area contributed by atoms with E-state index in [-0.39, 0.29) is 0 Å². The lowest BCUT2D eigenvalue weighted by Gasteiger charge is -2.43. The first-order valence-electron chi connectivity index (χ1n) is 7.05. The Bertz CT molecular complexity index is 393. The number of hydrogen-bond acceptors (Lipinski definition) is 11. The van der Waals surface area contributed by atoms with Gasteiger partial charge in [0.25, 0.3) is 0 Å². The first kappa shape index (κ1) is 18.9. The first-order chi connectivity index (χ1) is 10.8. The van der Waals surface area contributed by atoms with Gasteiger partial charge in [0.1, 0.15) is 49.3 Å². The van der Waals surface area contributed by atoms with E-state index in [0.29, 0.717) is 0 Å². The van der Waals surface area contributed by atoms with Crippen LogP contribution in [0.25, 0.3) is 0 Å². The molecule has 11 heteroatoms. The third-order valence-corrected chi connectivity index (χ3v) is 4.07. The molecule has 2 saturated heterocycles. The summed E-state index contributed by atoms with van der Waals surface area (Å²) in [6.07, 6.45) is -12.7. The SMILES string of the molecule is OC[C@@H]1O[C@H](O[C@]2(CO)O[C@H](CO)[C@@H](O)[C@@H]2O)[C@H](O)[C@H](O)[C@@H]1O. The van der Waals surface area contributed by atoms with Crippen LogP contribution in [0.1, 0.15) is 0 Å². The van der Waals surface area contributed by atoms with Crippen LogP contribution in [-0.2, 0) is 14.2 Å². The Hall–Kier alpha value is -0.440. The highest BCUT2D eigenvalue weighted by atomic mass is 16.8. The van der Waals surface area contributed by atoms with Gasteiger partial charge >= 0.3 is 0 Å². The fourth-order valence-electron chi connectivity index (χ4n) is 2.63. The number of ether oxygens (including phenoxy) is 3. The normalized spacial score (nSPS) is 51.1. The van der Waals surface area contributed by atoms with E-state index in [1.807, 2.05) is 0 Å². The highest BCUT2D eigenvalue weighted by Crippen LogP contribution is 2.35. The van der Waals surface area contributed by atoms with Gasteiger partial charge < -0.3 is 55.1 Å². The average Bonchev–Trinajstić information content (AvgIpc) is 2.80. The van der Waals surface area contributed by atoms with Gasteiger partial charge in [-0.25, -0.2) is 0 Å². The lowest BCUT2D eigenvalue weighted by atomic mass is 9.99. The van der Waals surface area contributed by atoms with Crippen molar-refractivity contribution < 1.29 is 55.1 Å². The molecule has 0 aromatic carbocycles. The van der Waals surface area contributed by atoms with Gasteiger partial charge in [0.2, 0.25) is 5.79 Å². The summed E-state index contributed by atoms with van der Waals surface area (Å²) in [5, 5.41) is 76.7. The highest BCUT2D eigenvalue weighted by molar-refractivity contribution is 4.98. The van der Waals surface area contributed by atoms with Crippen LogP contribution < -0.4 is 0 Å². The van der Waals surface area contributed by atoms with E-state index in [1.54, 1.807) is 0 Å². The van der Waals surface area contributed by atoms with Crippen LogP contribution in [0.3, 0.4) is 0 Å². The van der Waals surface area contributed by atoms with E-state index in [4.69, 9.17) is 24.4 Å². The molecule has 0 aromatic heterocycles. The molecule has 2 aliphatic heterocycles. The summed E-state index contributed by atoms with van der Waals surface area (Å²) >= 11 is 0. The van der Waals surface area contributed by atoms with Crippen molar-refractivity contribution in [2.45, 2.75) is 54.8 Å². The molecule has 2 rings (SSSR count). The van der Waals surface area contributed by atoms with Crippen molar-refractivity contribution in [2.24, 2.45) is 0 Å². The average molecular weight is 342 g/mol. The minimum Gasteiger partial charge on any atom is -0.394 e. The van der Waals surface area contributed by atoms with Gasteiger partial charge in [-0.1, -0.05) is 0 Å². The predicted molar refractivity (Wildman–Crippen MR) is 68.6 cm³/mol. The van der Waals surface area contributed by atoms with Gasteiger partial charge in [-0.05, 0) is 0 Å². The molecule has 0 aliphatic carbocycles. The van der Waals surface area contributed by atoms with Gasteiger partial charge in [-0.3, -0.25) is 0 Å². The second-order valence-electron chi connectivity index (χ2n) is 5.56. The summed E-state index contributed by atoms with van der Waals surface area (Å²) in [5.74, 6) is -2.22. The Balaban J connectivity index is 2.18. The molecule has 0 bridgehead atoms. The topological polar surface area (TPSA) is 190 Å². The molecule has 2 fully saturated rings. The summed E-state index contributed by atoms with van der Waals surface area (Å²) in [6, 6.07) is 0. The van der Waals surface area contributed by atoms with Crippen molar-refractivity contribution in [2.75, 3.05) is 19.8 Å². The number of aliphatic hydroxyl groups is 8. The molecule has 9 atom stereocenters. The largest absolute Gasteiger partial charge is 0.394 e. The third kappa shape index (κ3) is 3.23. The van der Waals surface area contributed by atoms with E-state index in [1.165, 1.54) is 0 Å². The van der Waals surface area contributed by atoms with Crippen molar-refractivity contribution in [3.8, 4) is 0 Å². The van der Waals surface area contributed by atoms with Crippen LogP contribution in [0.4, 0.5) is 0 Å². The zero-order valence-electron chi connectivity index (χ0n) is 12.0. The van der Waals surface area contributed by atoms with Gasteiger partial charge in [0, 0.05) is 0 Å². The summed E-state index contributed by atoms with van der Waals surface area (Å²) < 4.78 is 15.4.